The average Bonchev–Trinajstić information content (AvgIpc) is 2.76. The molecule has 1 aliphatic rings. The van der Waals surface area contributed by atoms with Crippen LogP contribution in [0.15, 0.2) is 29.2 Å². The number of benzene rings is 1. The fourth-order valence-corrected chi connectivity index (χ4v) is 4.86. The molecule has 1 aromatic carbocycles. The number of carbonyl (C=O) groups excluding carboxylic acids is 2. The van der Waals surface area contributed by atoms with Crippen molar-refractivity contribution in [1.82, 2.24) is 14.9 Å². The summed E-state index contributed by atoms with van der Waals surface area (Å²) >= 11 is 0. The zero-order valence-electron chi connectivity index (χ0n) is 19.0. The largest absolute Gasteiger partial charge is 0.480 e. The Kier molecular flexibility index (Phi) is 8.80. The summed E-state index contributed by atoms with van der Waals surface area (Å²) in [7, 11) is -3.83. The molecule has 0 radical (unpaired) electrons. The maximum absolute atomic E-state index is 12.8. The molecule has 1 aromatic rings. The van der Waals surface area contributed by atoms with Crippen LogP contribution in [-0.4, -0.2) is 61.4 Å². The van der Waals surface area contributed by atoms with Crippen LogP contribution in [0, 0.1) is 18.8 Å². The molecule has 32 heavy (non-hydrogen) atoms. The van der Waals surface area contributed by atoms with Crippen molar-refractivity contribution in [3.8, 4) is 0 Å². The van der Waals surface area contributed by atoms with Gasteiger partial charge in [-0.05, 0) is 44.7 Å². The number of piperidine rings is 1. The molecule has 0 saturated carbocycles. The van der Waals surface area contributed by atoms with Crippen LogP contribution < -0.4 is 10.0 Å². The van der Waals surface area contributed by atoms with Gasteiger partial charge >= 0.3 is 5.97 Å². The number of sulfonamides is 1. The van der Waals surface area contributed by atoms with Crippen molar-refractivity contribution in [3.63, 3.8) is 0 Å². The van der Waals surface area contributed by atoms with Crippen LogP contribution in [-0.2, 0) is 24.4 Å². The third-order valence-corrected chi connectivity index (χ3v) is 7.54. The van der Waals surface area contributed by atoms with Crippen LogP contribution in [0.3, 0.4) is 0 Å². The van der Waals surface area contributed by atoms with Crippen molar-refractivity contribution in [2.24, 2.45) is 11.8 Å². The number of hydrogen-bond donors (Lipinski definition) is 3. The molecule has 2 rings (SSSR count). The summed E-state index contributed by atoms with van der Waals surface area (Å²) in [5.74, 6) is -2.32. The van der Waals surface area contributed by atoms with Crippen molar-refractivity contribution < 1.29 is 27.9 Å². The van der Waals surface area contributed by atoms with Crippen LogP contribution in [0.5, 0.6) is 0 Å². The molecule has 1 fully saturated rings. The topological polar surface area (TPSA) is 133 Å². The van der Waals surface area contributed by atoms with E-state index in [9.17, 15) is 27.9 Å². The van der Waals surface area contributed by atoms with Gasteiger partial charge in [0, 0.05) is 19.0 Å². The highest BCUT2D eigenvalue weighted by Crippen LogP contribution is 2.20. The molecule has 1 heterocycles. The lowest BCUT2D eigenvalue weighted by Gasteiger charge is -2.33. The Morgan fingerprint density at radius 3 is 2.19 bits per heavy atom. The highest BCUT2D eigenvalue weighted by Gasteiger charge is 2.33. The maximum atomic E-state index is 12.8. The molecule has 0 aliphatic carbocycles. The van der Waals surface area contributed by atoms with Crippen LogP contribution in [0.25, 0.3) is 0 Å². The SMILES string of the molecule is CCC(C)C(NC(=O)C1CCN(C(=O)C(C)NS(=O)(=O)c2ccc(C)cc2)CC1)C(=O)O. The van der Waals surface area contributed by atoms with E-state index in [0.29, 0.717) is 32.4 Å². The lowest BCUT2D eigenvalue weighted by molar-refractivity contribution is -0.144. The van der Waals surface area contributed by atoms with Crippen molar-refractivity contribution in [3.05, 3.63) is 29.8 Å². The Morgan fingerprint density at radius 1 is 1.12 bits per heavy atom. The Bertz CT molecular complexity index is 923. The van der Waals surface area contributed by atoms with Gasteiger partial charge in [0.25, 0.3) is 0 Å². The molecule has 0 bridgehead atoms. The van der Waals surface area contributed by atoms with Crippen molar-refractivity contribution in [1.29, 1.82) is 0 Å². The number of nitrogens with zero attached hydrogens (tertiary/aromatic N) is 1. The molecule has 1 aliphatic heterocycles. The van der Waals surface area contributed by atoms with Gasteiger partial charge in [-0.15, -0.1) is 0 Å². The summed E-state index contributed by atoms with van der Waals surface area (Å²) in [4.78, 5) is 38.4. The molecular formula is C22H33N3O6S. The fraction of sp³-hybridized carbons (Fsp3) is 0.591. The summed E-state index contributed by atoms with van der Waals surface area (Å²) in [5.41, 5.74) is 0.929. The fourth-order valence-electron chi connectivity index (χ4n) is 3.66. The molecule has 0 aromatic heterocycles. The molecule has 3 unspecified atom stereocenters. The van der Waals surface area contributed by atoms with E-state index in [-0.39, 0.29) is 28.5 Å². The van der Waals surface area contributed by atoms with Crippen LogP contribution in [0.2, 0.25) is 0 Å². The number of aryl methyl sites for hydroxylation is 1. The Hall–Kier alpha value is -2.46. The third kappa shape index (κ3) is 6.52. The van der Waals surface area contributed by atoms with E-state index in [0.717, 1.165) is 5.56 Å². The summed E-state index contributed by atoms with van der Waals surface area (Å²) < 4.78 is 27.5. The number of hydrogen-bond acceptors (Lipinski definition) is 5. The predicted molar refractivity (Wildman–Crippen MR) is 119 cm³/mol. The number of carboxylic acids is 1. The highest BCUT2D eigenvalue weighted by atomic mass is 32.2. The third-order valence-electron chi connectivity index (χ3n) is 5.99. The highest BCUT2D eigenvalue weighted by molar-refractivity contribution is 7.89. The molecule has 1 saturated heterocycles. The molecule has 2 amide bonds. The number of likely N-dealkylation sites (tertiary alicyclic amines) is 1. The Labute approximate surface area is 189 Å². The summed E-state index contributed by atoms with van der Waals surface area (Å²) in [5, 5.41) is 12.0. The Morgan fingerprint density at radius 2 is 1.69 bits per heavy atom. The minimum Gasteiger partial charge on any atom is -0.480 e. The van der Waals surface area contributed by atoms with E-state index >= 15 is 0 Å². The first-order valence-corrected chi connectivity index (χ1v) is 12.4. The second-order valence-electron chi connectivity index (χ2n) is 8.47. The minimum atomic E-state index is -3.83. The van der Waals surface area contributed by atoms with Crippen molar-refractivity contribution >= 4 is 27.8 Å². The molecular weight excluding hydrogens is 434 g/mol. The second kappa shape index (κ2) is 10.9. The maximum Gasteiger partial charge on any atom is 0.326 e. The summed E-state index contributed by atoms with van der Waals surface area (Å²) in [6, 6.07) is 4.46. The van der Waals surface area contributed by atoms with Gasteiger partial charge in [-0.25, -0.2) is 13.2 Å². The lowest BCUT2D eigenvalue weighted by Crippen LogP contribution is -2.52. The van der Waals surface area contributed by atoms with Crippen LogP contribution in [0.1, 0.15) is 45.6 Å². The van der Waals surface area contributed by atoms with Crippen LogP contribution in [0.4, 0.5) is 0 Å². The van der Waals surface area contributed by atoms with E-state index < -0.39 is 28.1 Å². The van der Waals surface area contributed by atoms with E-state index in [4.69, 9.17) is 0 Å². The number of rotatable bonds is 9. The number of carboxylic acid groups (broad SMARTS) is 1. The number of aliphatic carboxylic acids is 1. The quantitative estimate of drug-likeness (QED) is 0.504. The van der Waals surface area contributed by atoms with Gasteiger partial charge in [-0.2, -0.15) is 4.72 Å². The normalized spacial score (nSPS) is 17.9. The zero-order chi connectivity index (χ0) is 24.1. The lowest BCUT2D eigenvalue weighted by atomic mass is 9.93. The van der Waals surface area contributed by atoms with Crippen LogP contribution >= 0.6 is 0 Å². The molecule has 9 nitrogen and oxygen atoms in total. The van der Waals surface area contributed by atoms with Gasteiger partial charge in [0.05, 0.1) is 10.9 Å². The van der Waals surface area contributed by atoms with Crippen molar-refractivity contribution in [2.75, 3.05) is 13.1 Å². The molecule has 3 N–H and O–H groups in total. The van der Waals surface area contributed by atoms with E-state index in [2.05, 4.69) is 10.0 Å². The zero-order valence-corrected chi connectivity index (χ0v) is 19.8. The number of carbonyl (C=O) groups is 3. The number of amides is 2. The summed E-state index contributed by atoms with van der Waals surface area (Å²) in [6.45, 7) is 7.59. The molecule has 0 spiro atoms. The van der Waals surface area contributed by atoms with Crippen molar-refractivity contribution in [2.45, 2.75) is 63.9 Å². The number of nitrogens with one attached hydrogen (secondary N) is 2. The first kappa shape index (κ1) is 25.8. The van der Waals surface area contributed by atoms with Gasteiger partial charge in [0.1, 0.15) is 6.04 Å². The first-order valence-electron chi connectivity index (χ1n) is 10.9. The molecule has 178 valence electrons. The van der Waals surface area contributed by atoms with Gasteiger partial charge in [-0.1, -0.05) is 38.0 Å². The average molecular weight is 468 g/mol. The van der Waals surface area contributed by atoms with E-state index in [1.165, 1.54) is 24.0 Å². The molecule has 3 atom stereocenters. The monoisotopic (exact) mass is 467 g/mol. The van der Waals surface area contributed by atoms with Gasteiger partial charge in [0.15, 0.2) is 0 Å². The minimum absolute atomic E-state index is 0.0902. The van der Waals surface area contributed by atoms with Gasteiger partial charge in [0.2, 0.25) is 21.8 Å². The Balaban J connectivity index is 1.91. The first-order chi connectivity index (χ1) is 15.0. The van der Waals surface area contributed by atoms with Gasteiger partial charge < -0.3 is 15.3 Å². The predicted octanol–water partition coefficient (Wildman–Crippen LogP) is 1.52. The van der Waals surface area contributed by atoms with Gasteiger partial charge in [-0.3, -0.25) is 9.59 Å². The standard InChI is InChI=1S/C22H33N3O6S/c1-5-15(3)19(22(28)29)23-20(26)17-10-12-25(13-11-17)21(27)16(4)24-32(30,31)18-8-6-14(2)7-9-18/h6-9,15-17,19,24H,5,10-13H2,1-4H3,(H,23,26)(H,28,29). The summed E-state index contributed by atoms with van der Waals surface area (Å²) in [6.07, 6.45) is 1.41. The van der Waals surface area contributed by atoms with E-state index in [1.807, 2.05) is 13.8 Å². The van der Waals surface area contributed by atoms with E-state index in [1.54, 1.807) is 19.1 Å². The smallest absolute Gasteiger partial charge is 0.326 e. The molecule has 10 heteroatoms. The second-order valence-corrected chi connectivity index (χ2v) is 10.2.